The highest BCUT2D eigenvalue weighted by Crippen LogP contribution is 2.36. The van der Waals surface area contributed by atoms with Crippen LogP contribution in [-0.4, -0.2) is 22.6 Å². The highest BCUT2D eigenvalue weighted by molar-refractivity contribution is 6.04. The number of amides is 2. The van der Waals surface area contributed by atoms with E-state index in [0.29, 0.717) is 16.9 Å². The minimum atomic E-state index is -4.47. The molecule has 188 valence electrons. The second-order valence-electron chi connectivity index (χ2n) is 8.85. The SMILES string of the molecule is C[C@]1(NC(=O)c2cc3ccccc3cn2)Nc2cccc(C(=O)NCc3cccc(C(F)(F)F)c3)c2N1. The van der Waals surface area contributed by atoms with Crippen LogP contribution in [-0.2, 0) is 12.7 Å². The van der Waals surface area contributed by atoms with Crippen LogP contribution < -0.4 is 21.3 Å². The Labute approximate surface area is 210 Å². The maximum absolute atomic E-state index is 13.0. The van der Waals surface area contributed by atoms with Gasteiger partial charge in [-0.1, -0.05) is 42.5 Å². The summed E-state index contributed by atoms with van der Waals surface area (Å²) in [6.07, 6.45) is -2.84. The molecule has 0 unspecified atom stereocenters. The molecule has 3 aromatic carbocycles. The Morgan fingerprint density at radius 1 is 0.919 bits per heavy atom. The van der Waals surface area contributed by atoms with Gasteiger partial charge in [0.05, 0.1) is 22.5 Å². The number of hydrogen-bond acceptors (Lipinski definition) is 5. The molecule has 0 saturated heterocycles. The molecule has 1 aliphatic heterocycles. The number of carbonyl (C=O) groups excluding carboxylic acids is 2. The topological polar surface area (TPSA) is 95.2 Å². The van der Waals surface area contributed by atoms with Crippen molar-refractivity contribution in [2.75, 3.05) is 10.6 Å². The van der Waals surface area contributed by atoms with E-state index in [0.717, 1.165) is 22.9 Å². The van der Waals surface area contributed by atoms with Crippen LogP contribution in [0.5, 0.6) is 0 Å². The maximum Gasteiger partial charge on any atom is 0.416 e. The molecule has 0 bridgehead atoms. The molecule has 1 atom stereocenters. The van der Waals surface area contributed by atoms with Gasteiger partial charge in [-0.05, 0) is 48.2 Å². The molecule has 10 heteroatoms. The standard InChI is InChI=1S/C27H22F3N5O2/c1-26(35-25(37)22-13-17-7-2-3-8-18(17)15-31-22)33-21-11-5-10-20(23(21)34-26)24(36)32-14-16-6-4-9-19(12-16)27(28,29)30/h2-13,15,33-34H,14H2,1H3,(H,32,36)(H,35,37)/t26-/m0/s1. The number of nitrogens with one attached hydrogen (secondary N) is 4. The van der Waals surface area contributed by atoms with E-state index in [-0.39, 0.29) is 17.8 Å². The van der Waals surface area contributed by atoms with Gasteiger partial charge >= 0.3 is 6.18 Å². The largest absolute Gasteiger partial charge is 0.416 e. The molecule has 0 radical (unpaired) electrons. The molecule has 37 heavy (non-hydrogen) atoms. The van der Waals surface area contributed by atoms with Crippen molar-refractivity contribution in [3.05, 3.63) is 101 Å². The number of halogens is 3. The van der Waals surface area contributed by atoms with Gasteiger partial charge < -0.3 is 21.3 Å². The van der Waals surface area contributed by atoms with Gasteiger partial charge in [0.2, 0.25) is 0 Å². The van der Waals surface area contributed by atoms with Crippen molar-refractivity contribution in [3.63, 3.8) is 0 Å². The number of fused-ring (bicyclic) bond motifs is 2. The molecular formula is C27H22F3N5O2. The molecule has 0 spiro atoms. The summed E-state index contributed by atoms with van der Waals surface area (Å²) < 4.78 is 39.0. The third kappa shape index (κ3) is 5.04. The van der Waals surface area contributed by atoms with E-state index < -0.39 is 29.3 Å². The summed E-state index contributed by atoms with van der Waals surface area (Å²) in [5, 5.41) is 13.6. The lowest BCUT2D eigenvalue weighted by molar-refractivity contribution is -0.137. The highest BCUT2D eigenvalue weighted by Gasteiger charge is 2.36. The number of nitrogens with zero attached hydrogens (tertiary/aromatic N) is 1. The van der Waals surface area contributed by atoms with Crippen molar-refractivity contribution >= 4 is 34.0 Å². The minimum Gasteiger partial charge on any atom is -0.348 e. The van der Waals surface area contributed by atoms with Gasteiger partial charge in [0.25, 0.3) is 11.8 Å². The van der Waals surface area contributed by atoms with Crippen molar-refractivity contribution in [2.45, 2.75) is 25.4 Å². The monoisotopic (exact) mass is 505 g/mol. The first kappa shape index (κ1) is 24.1. The summed E-state index contributed by atoms with van der Waals surface area (Å²) in [7, 11) is 0. The first-order chi connectivity index (χ1) is 17.6. The third-order valence-corrected chi connectivity index (χ3v) is 6.00. The minimum absolute atomic E-state index is 0.0819. The zero-order chi connectivity index (χ0) is 26.2. The molecule has 0 fully saturated rings. The number of anilines is 2. The van der Waals surface area contributed by atoms with E-state index in [1.165, 1.54) is 12.1 Å². The Balaban J connectivity index is 1.29. The summed E-state index contributed by atoms with van der Waals surface area (Å²) in [4.78, 5) is 30.2. The van der Waals surface area contributed by atoms with Gasteiger partial charge in [-0.2, -0.15) is 13.2 Å². The van der Waals surface area contributed by atoms with Crippen LogP contribution in [0.1, 0.15) is 38.9 Å². The number of carbonyl (C=O) groups is 2. The molecule has 2 amide bonds. The number of pyridine rings is 1. The van der Waals surface area contributed by atoms with Gasteiger partial charge in [-0.15, -0.1) is 0 Å². The quantitative estimate of drug-likeness (QED) is 0.302. The fourth-order valence-corrected chi connectivity index (χ4v) is 4.23. The van der Waals surface area contributed by atoms with Crippen LogP contribution in [0, 0.1) is 0 Å². The lowest BCUT2D eigenvalue weighted by atomic mass is 10.1. The fraction of sp³-hybridized carbons (Fsp3) is 0.148. The van der Waals surface area contributed by atoms with Crippen LogP contribution in [0.15, 0.2) is 79.0 Å². The third-order valence-electron chi connectivity index (χ3n) is 6.00. The van der Waals surface area contributed by atoms with Gasteiger partial charge in [-0.25, -0.2) is 0 Å². The number of alkyl halides is 3. The van der Waals surface area contributed by atoms with E-state index in [4.69, 9.17) is 0 Å². The molecule has 4 N–H and O–H groups in total. The Hall–Kier alpha value is -4.60. The second-order valence-corrected chi connectivity index (χ2v) is 8.85. The molecule has 0 saturated carbocycles. The van der Waals surface area contributed by atoms with Crippen LogP contribution in [0.4, 0.5) is 24.5 Å². The first-order valence-corrected chi connectivity index (χ1v) is 11.4. The van der Waals surface area contributed by atoms with Crippen LogP contribution in [0.3, 0.4) is 0 Å². The van der Waals surface area contributed by atoms with Crippen molar-refractivity contribution in [3.8, 4) is 0 Å². The number of aromatic nitrogens is 1. The molecule has 7 nitrogen and oxygen atoms in total. The number of hydrogen-bond donors (Lipinski definition) is 4. The van der Waals surface area contributed by atoms with Crippen molar-refractivity contribution in [1.29, 1.82) is 0 Å². The van der Waals surface area contributed by atoms with E-state index in [2.05, 4.69) is 26.3 Å². The Kier molecular flexibility index (Phi) is 5.94. The molecule has 4 aromatic rings. The van der Waals surface area contributed by atoms with Gasteiger partial charge in [0.15, 0.2) is 5.79 Å². The predicted molar refractivity (Wildman–Crippen MR) is 134 cm³/mol. The zero-order valence-corrected chi connectivity index (χ0v) is 19.6. The van der Waals surface area contributed by atoms with Crippen LogP contribution in [0.2, 0.25) is 0 Å². The van der Waals surface area contributed by atoms with Crippen LogP contribution in [0.25, 0.3) is 10.8 Å². The summed E-state index contributed by atoms with van der Waals surface area (Å²) in [6.45, 7) is 1.62. The smallest absolute Gasteiger partial charge is 0.348 e. The van der Waals surface area contributed by atoms with Gasteiger partial charge in [-0.3, -0.25) is 14.6 Å². The summed E-state index contributed by atoms with van der Waals surface area (Å²) in [5.74, 6) is -2.02. The number of rotatable bonds is 5. The molecule has 5 rings (SSSR count). The first-order valence-electron chi connectivity index (χ1n) is 11.4. The van der Waals surface area contributed by atoms with Crippen molar-refractivity contribution in [2.24, 2.45) is 0 Å². The molecule has 2 heterocycles. The number of benzene rings is 3. The average molecular weight is 506 g/mol. The van der Waals surface area contributed by atoms with Crippen LogP contribution >= 0.6 is 0 Å². The molecular weight excluding hydrogens is 483 g/mol. The van der Waals surface area contributed by atoms with Crippen molar-refractivity contribution < 1.29 is 22.8 Å². The Bertz CT molecular complexity index is 1520. The van der Waals surface area contributed by atoms with Gasteiger partial charge in [0, 0.05) is 18.1 Å². The Morgan fingerprint density at radius 2 is 1.68 bits per heavy atom. The lowest BCUT2D eigenvalue weighted by Gasteiger charge is -2.27. The molecule has 1 aliphatic rings. The second kappa shape index (κ2) is 9.12. The van der Waals surface area contributed by atoms with E-state index in [1.807, 2.05) is 24.3 Å². The Morgan fingerprint density at radius 3 is 2.46 bits per heavy atom. The molecule has 1 aromatic heterocycles. The van der Waals surface area contributed by atoms with Gasteiger partial charge in [0.1, 0.15) is 5.69 Å². The predicted octanol–water partition coefficient (Wildman–Crippen LogP) is 5.12. The van der Waals surface area contributed by atoms with Crippen molar-refractivity contribution in [1.82, 2.24) is 15.6 Å². The highest BCUT2D eigenvalue weighted by atomic mass is 19.4. The number of para-hydroxylation sites is 1. The normalized spacial score (nSPS) is 16.4. The molecule has 0 aliphatic carbocycles. The van der Waals surface area contributed by atoms with E-state index in [1.54, 1.807) is 37.4 Å². The lowest BCUT2D eigenvalue weighted by Crippen LogP contribution is -2.55. The fourth-order valence-electron chi connectivity index (χ4n) is 4.23. The van der Waals surface area contributed by atoms with E-state index in [9.17, 15) is 22.8 Å². The average Bonchev–Trinajstić information content (AvgIpc) is 3.22. The maximum atomic E-state index is 13.0. The summed E-state index contributed by atoms with van der Waals surface area (Å²) in [5.41, 5.74) is 1.09. The summed E-state index contributed by atoms with van der Waals surface area (Å²) in [6, 6.07) is 19.1. The zero-order valence-electron chi connectivity index (χ0n) is 19.6. The van der Waals surface area contributed by atoms with E-state index >= 15 is 0 Å². The summed E-state index contributed by atoms with van der Waals surface area (Å²) >= 11 is 0.